The Labute approximate surface area is 104 Å². The molecule has 18 heavy (non-hydrogen) atoms. The maximum atomic E-state index is 13.4. The van der Waals surface area contributed by atoms with Gasteiger partial charge in [0.25, 0.3) is 0 Å². The van der Waals surface area contributed by atoms with Crippen molar-refractivity contribution in [1.29, 1.82) is 0 Å². The number of hydrogen-bond donors (Lipinski definition) is 1. The van der Waals surface area contributed by atoms with Crippen molar-refractivity contribution >= 4 is 10.0 Å². The molecule has 0 aliphatic heterocycles. The van der Waals surface area contributed by atoms with Gasteiger partial charge in [-0.05, 0) is 13.0 Å². The second-order valence-electron chi connectivity index (χ2n) is 3.29. The number of hydrogen-bond acceptors (Lipinski definition) is 3. The third-order valence-corrected chi connectivity index (χ3v) is 2.85. The Morgan fingerprint density at radius 2 is 2.06 bits per heavy atom. The van der Waals surface area contributed by atoms with Crippen molar-refractivity contribution in [2.75, 3.05) is 6.61 Å². The molecule has 0 amide bonds. The summed E-state index contributed by atoms with van der Waals surface area (Å²) in [6.07, 6.45) is 0.289. The summed E-state index contributed by atoms with van der Waals surface area (Å²) in [5.74, 6) is 2.50. The number of primary sulfonamides is 1. The van der Waals surface area contributed by atoms with Crippen LogP contribution in [-0.4, -0.2) is 15.0 Å². The highest BCUT2D eigenvalue weighted by Crippen LogP contribution is 2.27. The minimum absolute atomic E-state index is 0.0219. The summed E-state index contributed by atoms with van der Waals surface area (Å²) in [7, 11) is -4.26. The molecule has 0 fully saturated rings. The first-order valence-corrected chi connectivity index (χ1v) is 6.45. The zero-order valence-electron chi connectivity index (χ0n) is 9.54. The molecule has 0 heterocycles. The van der Waals surface area contributed by atoms with E-state index in [0.717, 1.165) is 0 Å². The van der Waals surface area contributed by atoms with E-state index in [-0.39, 0.29) is 13.0 Å². The van der Waals surface area contributed by atoms with Gasteiger partial charge in [0.1, 0.15) is 10.7 Å². The van der Waals surface area contributed by atoms with Crippen molar-refractivity contribution in [3.63, 3.8) is 0 Å². The van der Waals surface area contributed by atoms with Crippen LogP contribution in [0.4, 0.5) is 8.78 Å². The van der Waals surface area contributed by atoms with E-state index in [1.807, 2.05) is 0 Å². The highest BCUT2D eigenvalue weighted by Gasteiger charge is 2.21. The number of benzene rings is 1. The molecule has 7 heteroatoms. The van der Waals surface area contributed by atoms with Gasteiger partial charge in [-0.3, -0.25) is 0 Å². The van der Waals surface area contributed by atoms with E-state index in [1.54, 1.807) is 6.92 Å². The lowest BCUT2D eigenvalue weighted by Gasteiger charge is -2.10. The SMILES string of the molecule is CC#CCCOc1c(F)cc(F)cc1S(N)(=O)=O. The molecule has 1 rings (SSSR count). The molecule has 4 nitrogen and oxygen atoms in total. The molecule has 0 saturated carbocycles. The summed E-state index contributed by atoms with van der Waals surface area (Å²) in [5, 5.41) is 4.86. The average Bonchev–Trinajstić information content (AvgIpc) is 2.24. The van der Waals surface area contributed by atoms with Crippen LogP contribution in [0.2, 0.25) is 0 Å². The van der Waals surface area contributed by atoms with E-state index >= 15 is 0 Å². The lowest BCUT2D eigenvalue weighted by molar-refractivity contribution is 0.299. The van der Waals surface area contributed by atoms with Gasteiger partial charge in [-0.1, -0.05) is 0 Å². The summed E-state index contributed by atoms with van der Waals surface area (Å²) < 4.78 is 53.7. The van der Waals surface area contributed by atoms with Gasteiger partial charge in [-0.2, -0.15) is 0 Å². The Morgan fingerprint density at radius 3 is 2.61 bits per heavy atom. The fraction of sp³-hybridized carbons (Fsp3) is 0.273. The molecule has 0 aliphatic carbocycles. The van der Waals surface area contributed by atoms with Crippen LogP contribution in [0, 0.1) is 23.5 Å². The topological polar surface area (TPSA) is 69.4 Å². The lowest BCUT2D eigenvalue weighted by atomic mass is 10.3. The lowest BCUT2D eigenvalue weighted by Crippen LogP contribution is -2.15. The van der Waals surface area contributed by atoms with Gasteiger partial charge in [0.05, 0.1) is 6.61 Å². The van der Waals surface area contributed by atoms with Crippen LogP contribution in [0.3, 0.4) is 0 Å². The standard InChI is InChI=1S/C11H11F2NO3S/c1-2-3-4-5-17-11-9(13)6-8(12)7-10(11)18(14,15)16/h6-7H,4-5H2,1H3,(H2,14,15,16). The molecule has 0 radical (unpaired) electrons. The predicted octanol–water partition coefficient (Wildman–Crippen LogP) is 1.40. The molecular formula is C11H11F2NO3S. The largest absolute Gasteiger partial charge is 0.488 e. The van der Waals surface area contributed by atoms with Crippen LogP contribution >= 0.6 is 0 Å². The molecule has 0 aliphatic rings. The molecule has 0 aromatic heterocycles. The summed E-state index contributed by atoms with van der Waals surface area (Å²) in [5.41, 5.74) is 0. The number of ether oxygens (including phenoxy) is 1. The molecule has 0 saturated heterocycles. The number of halogens is 2. The van der Waals surface area contributed by atoms with Crippen molar-refractivity contribution in [2.45, 2.75) is 18.2 Å². The van der Waals surface area contributed by atoms with E-state index < -0.39 is 32.3 Å². The highest BCUT2D eigenvalue weighted by molar-refractivity contribution is 7.89. The van der Waals surface area contributed by atoms with E-state index in [0.29, 0.717) is 12.1 Å². The first-order chi connectivity index (χ1) is 8.36. The zero-order valence-corrected chi connectivity index (χ0v) is 10.4. The van der Waals surface area contributed by atoms with Gasteiger partial charge in [0.15, 0.2) is 11.6 Å². The van der Waals surface area contributed by atoms with Crippen LogP contribution in [0.25, 0.3) is 0 Å². The number of nitrogens with two attached hydrogens (primary N) is 1. The quantitative estimate of drug-likeness (QED) is 0.667. The Balaban J connectivity index is 3.11. The fourth-order valence-corrected chi connectivity index (χ4v) is 1.91. The maximum Gasteiger partial charge on any atom is 0.241 e. The third kappa shape index (κ3) is 3.68. The Kier molecular flexibility index (Phi) is 4.64. The van der Waals surface area contributed by atoms with Gasteiger partial charge in [-0.15, -0.1) is 11.8 Å². The summed E-state index contributed by atoms with van der Waals surface area (Å²) in [6.45, 7) is 1.60. The molecule has 1 aromatic rings. The molecule has 0 atom stereocenters. The normalized spacial score (nSPS) is 10.7. The van der Waals surface area contributed by atoms with Crippen LogP contribution in [0.1, 0.15) is 13.3 Å². The number of sulfonamides is 1. The second kappa shape index (κ2) is 5.80. The van der Waals surface area contributed by atoms with Crippen molar-refractivity contribution < 1.29 is 21.9 Å². The second-order valence-corrected chi connectivity index (χ2v) is 4.81. The van der Waals surface area contributed by atoms with Crippen molar-refractivity contribution in [1.82, 2.24) is 0 Å². The van der Waals surface area contributed by atoms with Crippen LogP contribution in [0.15, 0.2) is 17.0 Å². The highest BCUT2D eigenvalue weighted by atomic mass is 32.2. The smallest absolute Gasteiger partial charge is 0.241 e. The van der Waals surface area contributed by atoms with E-state index in [1.165, 1.54) is 0 Å². The predicted molar refractivity (Wildman–Crippen MR) is 61.3 cm³/mol. The fourth-order valence-electron chi connectivity index (χ4n) is 1.22. The molecule has 98 valence electrons. The van der Waals surface area contributed by atoms with Gasteiger partial charge >= 0.3 is 0 Å². The Bertz CT molecular complexity index is 603. The molecule has 0 bridgehead atoms. The van der Waals surface area contributed by atoms with Crippen molar-refractivity contribution in [3.05, 3.63) is 23.8 Å². The third-order valence-electron chi connectivity index (χ3n) is 1.93. The minimum atomic E-state index is -4.26. The van der Waals surface area contributed by atoms with Crippen LogP contribution in [-0.2, 0) is 10.0 Å². The van der Waals surface area contributed by atoms with E-state index in [9.17, 15) is 17.2 Å². The zero-order chi connectivity index (χ0) is 13.8. The molecule has 1 aromatic carbocycles. The first-order valence-electron chi connectivity index (χ1n) is 4.90. The van der Waals surface area contributed by atoms with Crippen molar-refractivity contribution in [3.8, 4) is 17.6 Å². The van der Waals surface area contributed by atoms with Gasteiger partial charge in [0.2, 0.25) is 10.0 Å². The van der Waals surface area contributed by atoms with E-state index in [2.05, 4.69) is 11.8 Å². The van der Waals surface area contributed by atoms with Gasteiger partial charge in [-0.25, -0.2) is 22.3 Å². The Morgan fingerprint density at radius 1 is 1.39 bits per heavy atom. The molecule has 0 spiro atoms. The summed E-state index contributed by atoms with van der Waals surface area (Å²) in [4.78, 5) is -0.718. The monoisotopic (exact) mass is 275 g/mol. The molecule has 0 unspecified atom stereocenters. The minimum Gasteiger partial charge on any atom is -0.488 e. The van der Waals surface area contributed by atoms with Gasteiger partial charge in [0, 0.05) is 12.5 Å². The van der Waals surface area contributed by atoms with Crippen molar-refractivity contribution in [2.24, 2.45) is 5.14 Å². The summed E-state index contributed by atoms with van der Waals surface area (Å²) in [6, 6.07) is 1.13. The number of rotatable bonds is 4. The van der Waals surface area contributed by atoms with E-state index in [4.69, 9.17) is 9.88 Å². The average molecular weight is 275 g/mol. The summed E-state index contributed by atoms with van der Waals surface area (Å²) >= 11 is 0. The first kappa shape index (κ1) is 14.4. The van der Waals surface area contributed by atoms with Crippen LogP contribution in [0.5, 0.6) is 5.75 Å². The molecular weight excluding hydrogens is 264 g/mol. The van der Waals surface area contributed by atoms with Gasteiger partial charge < -0.3 is 4.74 Å². The molecule has 2 N–H and O–H groups in total. The Hall–Kier alpha value is -1.65. The maximum absolute atomic E-state index is 13.4. The van der Waals surface area contributed by atoms with Crippen LogP contribution < -0.4 is 9.88 Å².